The van der Waals surface area contributed by atoms with E-state index in [2.05, 4.69) is 31.2 Å². The molecule has 1 aromatic heterocycles. The maximum atomic E-state index is 13.9. The molecule has 0 aliphatic rings. The van der Waals surface area contributed by atoms with Gasteiger partial charge in [0.1, 0.15) is 5.82 Å². The lowest BCUT2D eigenvalue weighted by atomic mass is 10.1. The lowest BCUT2D eigenvalue weighted by Gasteiger charge is -2.20. The molecule has 0 atom stereocenters. The van der Waals surface area contributed by atoms with Gasteiger partial charge in [0.05, 0.1) is 17.3 Å². The predicted molar refractivity (Wildman–Crippen MR) is 79.3 cm³/mol. The number of nitrogens with one attached hydrogen (secondary N) is 1. The number of halogens is 2. The van der Waals surface area contributed by atoms with Gasteiger partial charge in [0.25, 0.3) is 0 Å². The highest BCUT2D eigenvalue weighted by molar-refractivity contribution is 6.30. The van der Waals surface area contributed by atoms with Gasteiger partial charge in [-0.2, -0.15) is 5.10 Å². The Morgan fingerprint density at radius 1 is 1.30 bits per heavy atom. The summed E-state index contributed by atoms with van der Waals surface area (Å²) in [5.74, 6) is -0.376. The summed E-state index contributed by atoms with van der Waals surface area (Å²) in [6.07, 6.45) is 1.72. The van der Waals surface area contributed by atoms with Crippen molar-refractivity contribution >= 4 is 11.6 Å². The molecule has 0 amide bonds. The summed E-state index contributed by atoms with van der Waals surface area (Å²) in [5, 5.41) is 7.79. The van der Waals surface area contributed by atoms with Crippen LogP contribution >= 0.6 is 11.6 Å². The standard InChI is InChI=1S/C15H19ClFN3/c1-15(2,3)18-9-12-7-8-19-20(12)10-11-5-4-6-13(16)14(11)17/h4-8,18H,9-10H2,1-3H3. The highest BCUT2D eigenvalue weighted by Gasteiger charge is 2.12. The lowest BCUT2D eigenvalue weighted by molar-refractivity contribution is 0.413. The second kappa shape index (κ2) is 5.94. The van der Waals surface area contributed by atoms with Crippen LogP contribution in [0.3, 0.4) is 0 Å². The van der Waals surface area contributed by atoms with Crippen molar-refractivity contribution < 1.29 is 4.39 Å². The highest BCUT2D eigenvalue weighted by Crippen LogP contribution is 2.19. The Morgan fingerprint density at radius 3 is 2.75 bits per heavy atom. The van der Waals surface area contributed by atoms with E-state index in [1.165, 1.54) is 0 Å². The first kappa shape index (κ1) is 15.0. The summed E-state index contributed by atoms with van der Waals surface area (Å²) in [5.41, 5.74) is 1.58. The normalized spacial score (nSPS) is 11.8. The van der Waals surface area contributed by atoms with E-state index in [1.54, 1.807) is 29.1 Å². The van der Waals surface area contributed by atoms with Crippen molar-refractivity contribution in [2.75, 3.05) is 0 Å². The van der Waals surface area contributed by atoms with Crippen LogP contribution in [0.1, 0.15) is 32.0 Å². The molecule has 0 unspecified atom stereocenters. The molecule has 1 heterocycles. The fourth-order valence-electron chi connectivity index (χ4n) is 1.84. The average molecular weight is 296 g/mol. The largest absolute Gasteiger partial charge is 0.306 e. The second-order valence-corrected chi connectivity index (χ2v) is 6.20. The van der Waals surface area contributed by atoms with Gasteiger partial charge in [-0.25, -0.2) is 4.39 Å². The van der Waals surface area contributed by atoms with Gasteiger partial charge in [-0.15, -0.1) is 0 Å². The molecule has 0 saturated carbocycles. The number of rotatable bonds is 4. The van der Waals surface area contributed by atoms with Crippen LogP contribution in [0.4, 0.5) is 4.39 Å². The van der Waals surface area contributed by atoms with E-state index in [-0.39, 0.29) is 16.4 Å². The van der Waals surface area contributed by atoms with E-state index >= 15 is 0 Å². The molecule has 0 saturated heterocycles. The van der Waals surface area contributed by atoms with E-state index < -0.39 is 0 Å². The maximum Gasteiger partial charge on any atom is 0.146 e. The number of aromatic nitrogens is 2. The zero-order chi connectivity index (χ0) is 14.8. The first-order valence-electron chi connectivity index (χ1n) is 6.55. The van der Waals surface area contributed by atoms with Gasteiger partial charge in [-0.05, 0) is 32.9 Å². The number of hydrogen-bond donors (Lipinski definition) is 1. The molecule has 20 heavy (non-hydrogen) atoms. The topological polar surface area (TPSA) is 29.9 Å². The summed E-state index contributed by atoms with van der Waals surface area (Å²) in [7, 11) is 0. The van der Waals surface area contributed by atoms with E-state index in [1.807, 2.05) is 6.07 Å². The van der Waals surface area contributed by atoms with Crippen LogP contribution in [0.5, 0.6) is 0 Å². The molecule has 0 aliphatic carbocycles. The van der Waals surface area contributed by atoms with Gasteiger partial charge in [-0.1, -0.05) is 23.7 Å². The number of benzene rings is 1. The van der Waals surface area contributed by atoms with Crippen molar-refractivity contribution in [3.05, 3.63) is 52.6 Å². The van der Waals surface area contributed by atoms with E-state index in [4.69, 9.17) is 11.6 Å². The highest BCUT2D eigenvalue weighted by atomic mass is 35.5. The summed E-state index contributed by atoms with van der Waals surface area (Å²) >= 11 is 5.80. The molecule has 0 fully saturated rings. The smallest absolute Gasteiger partial charge is 0.146 e. The Hall–Kier alpha value is -1.39. The summed E-state index contributed by atoms with van der Waals surface area (Å²) in [4.78, 5) is 0. The van der Waals surface area contributed by atoms with Crippen molar-refractivity contribution in [1.29, 1.82) is 0 Å². The monoisotopic (exact) mass is 295 g/mol. The molecule has 1 N–H and O–H groups in total. The third kappa shape index (κ3) is 3.81. The Labute approximate surface area is 123 Å². The van der Waals surface area contributed by atoms with Gasteiger partial charge in [-0.3, -0.25) is 4.68 Å². The Kier molecular flexibility index (Phi) is 4.45. The van der Waals surface area contributed by atoms with Gasteiger partial charge < -0.3 is 5.32 Å². The van der Waals surface area contributed by atoms with E-state index in [0.29, 0.717) is 18.7 Å². The zero-order valence-corrected chi connectivity index (χ0v) is 12.7. The molecule has 0 radical (unpaired) electrons. The molecule has 108 valence electrons. The van der Waals surface area contributed by atoms with Crippen molar-refractivity contribution in [2.24, 2.45) is 0 Å². The molecular formula is C15H19ClFN3. The molecular weight excluding hydrogens is 277 g/mol. The van der Waals surface area contributed by atoms with Crippen LogP contribution in [0.15, 0.2) is 30.5 Å². The Bertz CT molecular complexity index is 587. The minimum atomic E-state index is -0.376. The molecule has 1 aromatic carbocycles. The van der Waals surface area contributed by atoms with Crippen LogP contribution < -0.4 is 5.32 Å². The summed E-state index contributed by atoms with van der Waals surface area (Å²) < 4.78 is 15.7. The number of nitrogens with zero attached hydrogens (tertiary/aromatic N) is 2. The van der Waals surface area contributed by atoms with Crippen molar-refractivity contribution in [2.45, 2.75) is 39.4 Å². The lowest BCUT2D eigenvalue weighted by Crippen LogP contribution is -2.35. The third-order valence-electron chi connectivity index (χ3n) is 2.96. The minimum absolute atomic E-state index is 0.0242. The van der Waals surface area contributed by atoms with Gasteiger partial charge in [0.15, 0.2) is 0 Å². The van der Waals surface area contributed by atoms with Crippen LogP contribution in [0.25, 0.3) is 0 Å². The SMILES string of the molecule is CC(C)(C)NCc1ccnn1Cc1cccc(Cl)c1F. The second-order valence-electron chi connectivity index (χ2n) is 5.80. The first-order chi connectivity index (χ1) is 9.37. The molecule has 3 nitrogen and oxygen atoms in total. The van der Waals surface area contributed by atoms with Gasteiger partial charge in [0.2, 0.25) is 0 Å². The minimum Gasteiger partial charge on any atom is -0.306 e. The van der Waals surface area contributed by atoms with Crippen LogP contribution in [-0.4, -0.2) is 15.3 Å². The van der Waals surface area contributed by atoms with Crippen molar-refractivity contribution in [3.63, 3.8) is 0 Å². The molecule has 2 aromatic rings. The molecule has 0 aliphatic heterocycles. The van der Waals surface area contributed by atoms with Crippen LogP contribution in [0.2, 0.25) is 5.02 Å². The molecule has 0 spiro atoms. The van der Waals surface area contributed by atoms with Gasteiger partial charge in [0, 0.05) is 23.8 Å². The fraction of sp³-hybridized carbons (Fsp3) is 0.400. The summed E-state index contributed by atoms with van der Waals surface area (Å²) in [6, 6.07) is 6.95. The fourth-order valence-corrected chi connectivity index (χ4v) is 2.03. The van der Waals surface area contributed by atoms with Gasteiger partial charge >= 0.3 is 0 Å². The Morgan fingerprint density at radius 2 is 2.05 bits per heavy atom. The van der Waals surface area contributed by atoms with E-state index in [9.17, 15) is 4.39 Å². The van der Waals surface area contributed by atoms with E-state index in [0.717, 1.165) is 5.69 Å². The Balaban J connectivity index is 2.14. The average Bonchev–Trinajstić information content (AvgIpc) is 2.79. The summed E-state index contributed by atoms with van der Waals surface area (Å²) in [6.45, 7) is 7.37. The maximum absolute atomic E-state index is 13.9. The quantitative estimate of drug-likeness (QED) is 0.934. The number of hydrogen-bond acceptors (Lipinski definition) is 2. The molecule has 0 bridgehead atoms. The first-order valence-corrected chi connectivity index (χ1v) is 6.93. The van der Waals surface area contributed by atoms with Crippen molar-refractivity contribution in [3.8, 4) is 0 Å². The van der Waals surface area contributed by atoms with Crippen LogP contribution in [0, 0.1) is 5.82 Å². The molecule has 5 heteroatoms. The third-order valence-corrected chi connectivity index (χ3v) is 3.25. The molecule has 2 rings (SSSR count). The van der Waals surface area contributed by atoms with Crippen LogP contribution in [-0.2, 0) is 13.1 Å². The predicted octanol–water partition coefficient (Wildman–Crippen LogP) is 3.61. The van der Waals surface area contributed by atoms with Crippen molar-refractivity contribution in [1.82, 2.24) is 15.1 Å². The zero-order valence-electron chi connectivity index (χ0n) is 12.0.